The highest BCUT2D eigenvalue weighted by molar-refractivity contribution is 5.78. The summed E-state index contributed by atoms with van der Waals surface area (Å²) in [5.74, 6) is 0.382. The Morgan fingerprint density at radius 3 is 2.86 bits per heavy atom. The molecule has 0 unspecified atom stereocenters. The van der Waals surface area contributed by atoms with E-state index in [1.54, 1.807) is 21.6 Å². The first kappa shape index (κ1) is 16.8. The van der Waals surface area contributed by atoms with Crippen LogP contribution in [0.15, 0.2) is 41.8 Å². The summed E-state index contributed by atoms with van der Waals surface area (Å²) in [6, 6.07) is 2.15. The van der Waals surface area contributed by atoms with Crippen LogP contribution in [0.2, 0.25) is 0 Å². The van der Waals surface area contributed by atoms with E-state index < -0.39 is 0 Å². The average Bonchev–Trinajstić information content (AvgIpc) is 3.42. The fraction of sp³-hybridized carbons (Fsp3) is 0.333. The van der Waals surface area contributed by atoms with E-state index in [1.807, 2.05) is 36.4 Å². The van der Waals surface area contributed by atoms with Crippen LogP contribution in [-0.2, 0) is 11.8 Å². The Bertz CT molecular complexity index is 1180. The molecular weight excluding hydrogens is 360 g/mol. The third-order valence-corrected chi connectivity index (χ3v) is 4.94. The number of ether oxygens (including phenoxy) is 1. The minimum absolute atomic E-state index is 0.224. The van der Waals surface area contributed by atoms with E-state index in [-0.39, 0.29) is 5.56 Å². The summed E-state index contributed by atoms with van der Waals surface area (Å²) in [6.07, 6.45) is 10.9. The van der Waals surface area contributed by atoms with Crippen molar-refractivity contribution < 1.29 is 4.74 Å². The van der Waals surface area contributed by atoms with Gasteiger partial charge in [-0.2, -0.15) is 10.2 Å². The van der Waals surface area contributed by atoms with Crippen LogP contribution in [-0.4, -0.2) is 47.3 Å². The van der Waals surface area contributed by atoms with Gasteiger partial charge in [-0.1, -0.05) is 0 Å². The zero-order valence-corrected chi connectivity index (χ0v) is 15.4. The molecule has 1 aliphatic rings. The second-order valence-electron chi connectivity index (χ2n) is 6.88. The largest absolute Gasteiger partial charge is 0.381 e. The lowest BCUT2D eigenvalue weighted by Gasteiger charge is -2.22. The van der Waals surface area contributed by atoms with E-state index in [0.717, 1.165) is 37.4 Å². The second-order valence-corrected chi connectivity index (χ2v) is 6.88. The van der Waals surface area contributed by atoms with E-state index in [1.165, 1.54) is 0 Å². The van der Waals surface area contributed by atoms with E-state index in [2.05, 4.69) is 25.5 Å². The van der Waals surface area contributed by atoms with E-state index >= 15 is 0 Å². The maximum Gasteiger partial charge on any atom is 0.277 e. The number of hydrogen-bond donors (Lipinski definition) is 2. The van der Waals surface area contributed by atoms with Crippen molar-refractivity contribution in [2.75, 3.05) is 18.5 Å². The van der Waals surface area contributed by atoms with Crippen molar-refractivity contribution >= 4 is 22.7 Å². The number of H-pyrrole nitrogens is 1. The van der Waals surface area contributed by atoms with Crippen molar-refractivity contribution in [2.45, 2.75) is 18.9 Å². The number of nitrogens with one attached hydrogen (secondary N) is 2. The molecule has 0 bridgehead atoms. The Balaban J connectivity index is 1.43. The lowest BCUT2D eigenvalue weighted by Crippen LogP contribution is -2.19. The van der Waals surface area contributed by atoms with Crippen molar-refractivity contribution in [1.82, 2.24) is 34.1 Å². The molecule has 4 aromatic rings. The van der Waals surface area contributed by atoms with Crippen LogP contribution >= 0.6 is 0 Å². The molecule has 0 saturated carbocycles. The summed E-state index contributed by atoms with van der Waals surface area (Å²) >= 11 is 0. The van der Waals surface area contributed by atoms with Crippen LogP contribution in [0.4, 0.5) is 11.6 Å². The average molecular weight is 380 g/mol. The molecule has 0 atom stereocenters. The Morgan fingerprint density at radius 1 is 1.21 bits per heavy atom. The van der Waals surface area contributed by atoms with E-state index in [0.29, 0.717) is 23.0 Å². The van der Waals surface area contributed by atoms with E-state index in [9.17, 15) is 4.79 Å². The topological polar surface area (TPSA) is 108 Å². The molecule has 5 heterocycles. The van der Waals surface area contributed by atoms with Crippen molar-refractivity contribution in [2.24, 2.45) is 7.05 Å². The molecule has 10 heteroatoms. The molecule has 10 nitrogen and oxygen atoms in total. The van der Waals surface area contributed by atoms with Crippen molar-refractivity contribution in [3.63, 3.8) is 0 Å². The number of aromatic amines is 1. The second kappa shape index (κ2) is 6.64. The van der Waals surface area contributed by atoms with Gasteiger partial charge in [0, 0.05) is 38.9 Å². The van der Waals surface area contributed by atoms with Gasteiger partial charge in [-0.25, -0.2) is 4.98 Å². The number of hydrogen-bond acceptors (Lipinski definition) is 6. The summed E-state index contributed by atoms with van der Waals surface area (Å²) in [5.41, 5.74) is 2.45. The fourth-order valence-corrected chi connectivity index (χ4v) is 3.55. The Kier molecular flexibility index (Phi) is 3.97. The number of nitrogens with zero attached hydrogens (tertiary/aromatic N) is 6. The van der Waals surface area contributed by atoms with Gasteiger partial charge in [0.2, 0.25) is 5.95 Å². The van der Waals surface area contributed by atoms with Gasteiger partial charge in [-0.3, -0.25) is 19.1 Å². The molecule has 2 N–H and O–H groups in total. The van der Waals surface area contributed by atoms with Crippen LogP contribution in [0.3, 0.4) is 0 Å². The molecule has 28 heavy (non-hydrogen) atoms. The zero-order chi connectivity index (χ0) is 19.1. The van der Waals surface area contributed by atoms with Crippen LogP contribution < -0.4 is 10.9 Å². The molecule has 0 aromatic carbocycles. The Hall–Kier alpha value is -3.40. The van der Waals surface area contributed by atoms with Crippen molar-refractivity contribution in [3.05, 3.63) is 47.4 Å². The van der Waals surface area contributed by atoms with Crippen molar-refractivity contribution in [1.29, 1.82) is 0 Å². The highest BCUT2D eigenvalue weighted by Crippen LogP contribution is 2.23. The lowest BCUT2D eigenvalue weighted by molar-refractivity contribution is 0.0662. The summed E-state index contributed by atoms with van der Waals surface area (Å²) < 4.78 is 10.8. The van der Waals surface area contributed by atoms with Crippen molar-refractivity contribution in [3.8, 4) is 5.69 Å². The number of aryl methyl sites for hydroxylation is 1. The third-order valence-electron chi connectivity index (χ3n) is 4.94. The maximum atomic E-state index is 12.7. The van der Waals surface area contributed by atoms with Gasteiger partial charge in [0.1, 0.15) is 5.52 Å². The lowest BCUT2D eigenvalue weighted by atomic mass is 10.1. The first-order chi connectivity index (χ1) is 13.7. The Morgan fingerprint density at radius 2 is 2.07 bits per heavy atom. The summed E-state index contributed by atoms with van der Waals surface area (Å²) in [6.45, 7) is 1.51. The minimum atomic E-state index is -0.224. The van der Waals surface area contributed by atoms with Gasteiger partial charge >= 0.3 is 0 Å². The number of rotatable bonds is 4. The molecule has 0 radical (unpaired) electrons. The Labute approximate surface area is 159 Å². The fourth-order valence-electron chi connectivity index (χ4n) is 3.55. The monoisotopic (exact) mass is 380 g/mol. The molecule has 1 aliphatic heterocycles. The predicted molar refractivity (Wildman–Crippen MR) is 103 cm³/mol. The first-order valence-corrected chi connectivity index (χ1v) is 9.17. The molecule has 5 rings (SSSR count). The summed E-state index contributed by atoms with van der Waals surface area (Å²) in [5, 5.41) is 11.7. The number of anilines is 2. The number of fused-ring (bicyclic) bond motifs is 1. The van der Waals surface area contributed by atoms with Gasteiger partial charge in [0.25, 0.3) is 5.56 Å². The van der Waals surface area contributed by atoms with Crippen LogP contribution in [0.25, 0.3) is 16.7 Å². The van der Waals surface area contributed by atoms with Crippen LogP contribution in [0, 0.1) is 0 Å². The molecular formula is C18H20N8O2. The zero-order valence-electron chi connectivity index (χ0n) is 15.4. The molecule has 4 aromatic heterocycles. The number of aromatic nitrogens is 7. The summed E-state index contributed by atoms with van der Waals surface area (Å²) in [4.78, 5) is 20.0. The predicted octanol–water partition coefficient (Wildman–Crippen LogP) is 1.74. The van der Waals surface area contributed by atoms with Crippen LogP contribution in [0.1, 0.15) is 18.9 Å². The van der Waals surface area contributed by atoms with Crippen LogP contribution in [0.5, 0.6) is 0 Å². The molecule has 0 spiro atoms. The molecule has 0 aliphatic carbocycles. The third kappa shape index (κ3) is 2.97. The minimum Gasteiger partial charge on any atom is -0.381 e. The highest BCUT2D eigenvalue weighted by Gasteiger charge is 2.17. The molecule has 144 valence electrons. The van der Waals surface area contributed by atoms with Gasteiger partial charge in [0.15, 0.2) is 0 Å². The van der Waals surface area contributed by atoms with Gasteiger partial charge in [-0.15, -0.1) is 0 Å². The smallest absolute Gasteiger partial charge is 0.277 e. The SMILES string of the molecule is Cn1cc(-n2ccc3nc(Nc4cnn(C5CCOCC5)c4)[nH]c(=O)c32)cn1. The van der Waals surface area contributed by atoms with Gasteiger partial charge in [-0.05, 0) is 18.9 Å². The molecule has 1 fully saturated rings. The standard InChI is InChI=1S/C18H20N8O2/c1-24-11-14(9-19-24)25-5-2-15-16(25)17(27)23-18(22-15)21-12-8-20-26(10-12)13-3-6-28-7-4-13/h2,5,8-11,13H,3-4,6-7H2,1H3,(H2,21,22,23,27). The van der Waals surface area contributed by atoms with Gasteiger partial charge in [0.05, 0.1) is 35.3 Å². The van der Waals surface area contributed by atoms with E-state index in [4.69, 9.17) is 4.74 Å². The quantitative estimate of drug-likeness (QED) is 0.558. The molecule has 1 saturated heterocycles. The highest BCUT2D eigenvalue weighted by atomic mass is 16.5. The normalized spacial score (nSPS) is 15.3. The molecule has 0 amide bonds. The first-order valence-electron chi connectivity index (χ1n) is 9.17. The summed E-state index contributed by atoms with van der Waals surface area (Å²) in [7, 11) is 1.83. The van der Waals surface area contributed by atoms with Gasteiger partial charge < -0.3 is 14.6 Å². The maximum absolute atomic E-state index is 12.7.